The van der Waals surface area contributed by atoms with Gasteiger partial charge in [0.15, 0.2) is 5.82 Å². The van der Waals surface area contributed by atoms with Crippen LogP contribution in [0.1, 0.15) is 27.6 Å². The summed E-state index contributed by atoms with van der Waals surface area (Å²) in [6.45, 7) is 2.60. The average molecular weight is 478 g/mol. The smallest absolute Gasteiger partial charge is 0.295 e. The summed E-state index contributed by atoms with van der Waals surface area (Å²) < 4.78 is 14.7. The van der Waals surface area contributed by atoms with Gasteiger partial charge in [0.1, 0.15) is 10.7 Å². The number of carbonyl (C=O) groups is 3. The van der Waals surface area contributed by atoms with Crippen molar-refractivity contribution >= 4 is 39.8 Å². The maximum absolute atomic E-state index is 14.7. The van der Waals surface area contributed by atoms with Gasteiger partial charge in [-0.3, -0.25) is 14.4 Å². The molecule has 0 saturated carbocycles. The van der Waals surface area contributed by atoms with E-state index in [9.17, 15) is 18.8 Å². The Balaban J connectivity index is 1.37. The third-order valence-electron chi connectivity index (χ3n) is 5.93. The molecule has 0 aliphatic carbocycles. The van der Waals surface area contributed by atoms with Gasteiger partial charge in [-0.15, -0.1) is 11.3 Å². The highest BCUT2D eigenvalue weighted by atomic mass is 32.1. The largest absolute Gasteiger partial charge is 0.358 e. The number of benzene rings is 1. The Labute approximate surface area is 198 Å². The zero-order valence-electron chi connectivity index (χ0n) is 18.2. The molecular weight excluding hydrogens is 457 g/mol. The number of fused-ring (bicyclic) bond motifs is 1. The van der Waals surface area contributed by atoms with Crippen LogP contribution < -0.4 is 0 Å². The van der Waals surface area contributed by atoms with E-state index in [2.05, 4.69) is 15.0 Å². The molecule has 1 aromatic carbocycles. The van der Waals surface area contributed by atoms with Gasteiger partial charge in [-0.25, -0.2) is 14.4 Å². The quantitative estimate of drug-likeness (QED) is 0.359. The monoisotopic (exact) mass is 477 g/mol. The number of nitrogens with zero attached hydrogens (tertiary/aromatic N) is 4. The summed E-state index contributed by atoms with van der Waals surface area (Å²) in [5, 5.41) is 2.36. The van der Waals surface area contributed by atoms with E-state index in [1.165, 1.54) is 22.4 Å². The van der Waals surface area contributed by atoms with Gasteiger partial charge in [-0.1, -0.05) is 18.2 Å². The van der Waals surface area contributed by atoms with E-state index in [1.54, 1.807) is 47.7 Å². The lowest BCUT2D eigenvalue weighted by Gasteiger charge is -2.39. The number of Topliss-reactive ketones (excluding diaryl/α,β-unsaturated/α-hetero) is 1. The molecule has 4 heterocycles. The van der Waals surface area contributed by atoms with Crippen molar-refractivity contribution in [1.29, 1.82) is 0 Å². The van der Waals surface area contributed by atoms with Crippen LogP contribution in [0.4, 0.5) is 4.39 Å². The van der Waals surface area contributed by atoms with Crippen LogP contribution in [0.5, 0.6) is 0 Å². The number of aromatic amines is 1. The third kappa shape index (κ3) is 3.75. The standard InChI is InChI=1S/C24H20FN5O3S/c1-14-13-29(23(32)15-5-3-2-4-6-15)8-9-30(14)24(33)21(31)16-11-27-19-18(16)17(25)12-28-20(19)22-26-7-10-34-22/h2-7,10-12,14,27H,8-9,13H2,1H3/t14-/m1/s1. The molecule has 1 fully saturated rings. The van der Waals surface area contributed by atoms with Gasteiger partial charge in [-0.2, -0.15) is 0 Å². The van der Waals surface area contributed by atoms with Crippen LogP contribution >= 0.6 is 11.3 Å². The zero-order chi connectivity index (χ0) is 23.8. The first kappa shape index (κ1) is 21.9. The number of nitrogens with one attached hydrogen (secondary N) is 1. The number of carbonyl (C=O) groups excluding carboxylic acids is 3. The Hall–Kier alpha value is -3.92. The molecule has 1 N–H and O–H groups in total. The number of piperazine rings is 1. The van der Waals surface area contributed by atoms with Gasteiger partial charge in [0, 0.05) is 49.0 Å². The predicted molar refractivity (Wildman–Crippen MR) is 125 cm³/mol. The summed E-state index contributed by atoms with van der Waals surface area (Å²) in [5.74, 6) is -2.35. The van der Waals surface area contributed by atoms with Gasteiger partial charge in [0.05, 0.1) is 22.7 Å². The Bertz CT molecular complexity index is 1390. The van der Waals surface area contributed by atoms with Crippen LogP contribution in [0, 0.1) is 5.82 Å². The van der Waals surface area contributed by atoms with Crippen LogP contribution in [0.15, 0.2) is 54.3 Å². The molecule has 8 nitrogen and oxygen atoms in total. The maximum Gasteiger partial charge on any atom is 0.295 e. The number of H-pyrrole nitrogens is 1. The fraction of sp³-hybridized carbons (Fsp3) is 0.208. The van der Waals surface area contributed by atoms with Gasteiger partial charge < -0.3 is 14.8 Å². The lowest BCUT2D eigenvalue weighted by Crippen LogP contribution is -2.56. The minimum atomic E-state index is -0.809. The summed E-state index contributed by atoms with van der Waals surface area (Å²) in [6.07, 6.45) is 3.98. The minimum absolute atomic E-state index is 0.0177. The van der Waals surface area contributed by atoms with Crippen molar-refractivity contribution in [3.63, 3.8) is 0 Å². The van der Waals surface area contributed by atoms with Gasteiger partial charge in [0.25, 0.3) is 17.6 Å². The Morgan fingerprint density at radius 3 is 2.65 bits per heavy atom. The number of hydrogen-bond donors (Lipinski definition) is 1. The van der Waals surface area contributed by atoms with Crippen LogP contribution in [0.25, 0.3) is 21.6 Å². The molecule has 172 valence electrons. The number of halogens is 1. The van der Waals surface area contributed by atoms with Gasteiger partial charge in [0.2, 0.25) is 0 Å². The van der Waals surface area contributed by atoms with E-state index in [0.717, 1.165) is 6.20 Å². The first-order valence-corrected chi connectivity index (χ1v) is 11.6. The lowest BCUT2D eigenvalue weighted by molar-refractivity contribution is -0.130. The summed E-state index contributed by atoms with van der Waals surface area (Å²) in [5.41, 5.74) is 1.26. The fourth-order valence-electron chi connectivity index (χ4n) is 4.24. The first-order valence-electron chi connectivity index (χ1n) is 10.7. The number of aromatic nitrogens is 3. The van der Waals surface area contributed by atoms with E-state index in [1.807, 2.05) is 6.07 Å². The number of rotatable bonds is 4. The van der Waals surface area contributed by atoms with E-state index < -0.39 is 17.5 Å². The molecule has 1 aliphatic heterocycles. The molecule has 0 spiro atoms. The molecule has 0 unspecified atom stereocenters. The number of pyridine rings is 1. The molecular formula is C24H20FN5O3S. The number of thiazole rings is 1. The molecule has 4 aromatic rings. The average Bonchev–Trinajstić information content (AvgIpc) is 3.55. The number of ketones is 1. The predicted octanol–water partition coefficient (Wildman–Crippen LogP) is 3.38. The van der Waals surface area contributed by atoms with Crippen molar-refractivity contribution in [2.45, 2.75) is 13.0 Å². The number of amides is 2. The summed E-state index contributed by atoms with van der Waals surface area (Å²) >= 11 is 1.34. The Morgan fingerprint density at radius 1 is 1.15 bits per heavy atom. The zero-order valence-corrected chi connectivity index (χ0v) is 19.0. The SMILES string of the molecule is C[C@@H]1CN(C(=O)c2ccccc2)CCN1C(=O)C(=O)c1c[nH]c2c(-c3nccs3)ncc(F)c12. The van der Waals surface area contributed by atoms with Crippen molar-refractivity contribution in [1.82, 2.24) is 24.8 Å². The molecule has 0 radical (unpaired) electrons. The Kier molecular flexibility index (Phi) is 5.66. The molecule has 34 heavy (non-hydrogen) atoms. The van der Waals surface area contributed by atoms with Crippen molar-refractivity contribution in [2.75, 3.05) is 19.6 Å². The van der Waals surface area contributed by atoms with Crippen molar-refractivity contribution < 1.29 is 18.8 Å². The summed E-state index contributed by atoms with van der Waals surface area (Å²) in [7, 11) is 0. The highest BCUT2D eigenvalue weighted by Crippen LogP contribution is 2.31. The van der Waals surface area contributed by atoms with E-state index in [0.29, 0.717) is 34.9 Å². The summed E-state index contributed by atoms with van der Waals surface area (Å²) in [4.78, 5) is 53.4. The molecule has 1 aliphatic rings. The van der Waals surface area contributed by atoms with Crippen LogP contribution in [-0.4, -0.2) is 68.0 Å². The van der Waals surface area contributed by atoms with Gasteiger partial charge in [-0.05, 0) is 19.1 Å². The van der Waals surface area contributed by atoms with Crippen molar-refractivity contribution in [3.8, 4) is 10.7 Å². The topological polar surface area (TPSA) is 99.3 Å². The maximum atomic E-state index is 14.7. The fourth-order valence-corrected chi connectivity index (χ4v) is 4.88. The second kappa shape index (κ2) is 8.79. The van der Waals surface area contributed by atoms with E-state index in [-0.39, 0.29) is 29.4 Å². The molecule has 0 bridgehead atoms. The van der Waals surface area contributed by atoms with Crippen LogP contribution in [-0.2, 0) is 4.79 Å². The molecule has 1 saturated heterocycles. The van der Waals surface area contributed by atoms with Crippen LogP contribution in [0.3, 0.4) is 0 Å². The molecule has 10 heteroatoms. The van der Waals surface area contributed by atoms with E-state index >= 15 is 0 Å². The lowest BCUT2D eigenvalue weighted by atomic mass is 10.1. The van der Waals surface area contributed by atoms with Gasteiger partial charge >= 0.3 is 0 Å². The van der Waals surface area contributed by atoms with Crippen molar-refractivity contribution in [3.05, 3.63) is 71.2 Å². The molecule has 1 atom stereocenters. The van der Waals surface area contributed by atoms with E-state index in [4.69, 9.17) is 0 Å². The summed E-state index contributed by atoms with van der Waals surface area (Å²) in [6, 6.07) is 8.55. The molecule has 5 rings (SSSR count). The number of hydrogen-bond acceptors (Lipinski definition) is 6. The highest BCUT2D eigenvalue weighted by Gasteiger charge is 2.35. The van der Waals surface area contributed by atoms with Crippen LogP contribution in [0.2, 0.25) is 0 Å². The second-order valence-corrected chi connectivity index (χ2v) is 8.93. The first-order chi connectivity index (χ1) is 16.5. The minimum Gasteiger partial charge on any atom is -0.358 e. The third-order valence-corrected chi connectivity index (χ3v) is 6.71. The molecule has 3 aromatic heterocycles. The van der Waals surface area contributed by atoms with Crippen molar-refractivity contribution in [2.24, 2.45) is 0 Å². The molecule has 2 amide bonds. The highest BCUT2D eigenvalue weighted by molar-refractivity contribution is 7.13. The normalized spacial score (nSPS) is 16.1. The Morgan fingerprint density at radius 2 is 1.94 bits per heavy atom. The second-order valence-electron chi connectivity index (χ2n) is 8.04.